The van der Waals surface area contributed by atoms with Crippen molar-refractivity contribution < 1.29 is 19.0 Å². The first-order valence-electron chi connectivity index (χ1n) is 10.4. The molecule has 9 nitrogen and oxygen atoms in total. The molecular weight excluding hydrogens is 422 g/mol. The highest BCUT2D eigenvalue weighted by molar-refractivity contribution is 5.96. The van der Waals surface area contributed by atoms with Gasteiger partial charge in [-0.1, -0.05) is 30.3 Å². The maximum absolute atomic E-state index is 12.7. The van der Waals surface area contributed by atoms with E-state index in [-0.39, 0.29) is 11.2 Å². The molecule has 2 aromatic heterocycles. The van der Waals surface area contributed by atoms with Gasteiger partial charge in [0.2, 0.25) is 5.62 Å². The number of rotatable bonds is 5. The van der Waals surface area contributed by atoms with Gasteiger partial charge in [0.25, 0.3) is 5.91 Å². The van der Waals surface area contributed by atoms with E-state index in [0.29, 0.717) is 41.4 Å². The minimum Gasteiger partial charge on any atom is -0.619 e. The number of methoxy groups -OCH3 is 1. The fraction of sp³-hybridized carbons (Fsp3) is 0.167. The molecule has 0 unspecified atom stereocenters. The number of hydrogen-bond donors (Lipinski definition) is 1. The number of aromatic nitrogens is 3. The van der Waals surface area contributed by atoms with Crippen molar-refractivity contribution in [1.82, 2.24) is 9.55 Å². The van der Waals surface area contributed by atoms with Gasteiger partial charge in [-0.3, -0.25) is 9.36 Å². The summed E-state index contributed by atoms with van der Waals surface area (Å²) in [4.78, 5) is 21.6. The number of hydrogen-bond acceptors (Lipinski definition) is 6. The average molecular weight is 443 g/mol. The van der Waals surface area contributed by atoms with Gasteiger partial charge in [0.05, 0.1) is 7.11 Å². The van der Waals surface area contributed by atoms with E-state index in [1.54, 1.807) is 13.2 Å². The van der Waals surface area contributed by atoms with Crippen LogP contribution in [0.5, 0.6) is 11.5 Å². The Kier molecular flexibility index (Phi) is 5.35. The number of carbonyl (C=O) groups excluding carboxylic acids is 1. The van der Waals surface area contributed by atoms with E-state index in [1.165, 1.54) is 18.5 Å². The van der Waals surface area contributed by atoms with Crippen LogP contribution in [0.3, 0.4) is 0 Å². The van der Waals surface area contributed by atoms with E-state index >= 15 is 0 Å². The number of fused-ring (bicyclic) bond motifs is 3. The second kappa shape index (κ2) is 8.62. The molecule has 0 aliphatic carbocycles. The highest BCUT2D eigenvalue weighted by Gasteiger charge is 2.21. The Hall–Kier alpha value is -4.40. The van der Waals surface area contributed by atoms with Crippen molar-refractivity contribution in [1.29, 1.82) is 0 Å². The van der Waals surface area contributed by atoms with Crippen molar-refractivity contribution in [2.45, 2.75) is 13.2 Å². The third-order valence-corrected chi connectivity index (χ3v) is 5.37. The summed E-state index contributed by atoms with van der Waals surface area (Å²) in [5, 5.41) is 15.7. The Bertz CT molecular complexity index is 1420. The number of anilines is 1. The summed E-state index contributed by atoms with van der Waals surface area (Å²) in [7, 11) is 1.55. The zero-order valence-electron chi connectivity index (χ0n) is 17.9. The number of carbonyl (C=O) groups is 1. The predicted molar refractivity (Wildman–Crippen MR) is 121 cm³/mol. The Morgan fingerprint density at radius 2 is 2.06 bits per heavy atom. The van der Waals surface area contributed by atoms with Crippen LogP contribution in [0.25, 0.3) is 10.9 Å². The summed E-state index contributed by atoms with van der Waals surface area (Å²) in [5.74, 6) is 1.24. The van der Waals surface area contributed by atoms with Crippen LogP contribution >= 0.6 is 0 Å². The lowest BCUT2D eigenvalue weighted by Crippen LogP contribution is -2.27. The van der Waals surface area contributed by atoms with Gasteiger partial charge in [-0.15, -0.1) is 0 Å². The van der Waals surface area contributed by atoms with Crippen LogP contribution in [0.4, 0.5) is 5.82 Å². The fourth-order valence-corrected chi connectivity index (χ4v) is 3.82. The lowest BCUT2D eigenvalue weighted by molar-refractivity contribution is -0.605. The second-order valence-electron chi connectivity index (χ2n) is 7.48. The molecule has 1 amide bonds. The minimum atomic E-state index is -0.552. The molecule has 0 radical (unpaired) electrons. The molecule has 166 valence electrons. The van der Waals surface area contributed by atoms with Crippen LogP contribution in [-0.2, 0) is 13.2 Å². The summed E-state index contributed by atoms with van der Waals surface area (Å²) >= 11 is 0. The molecule has 2 aromatic carbocycles. The quantitative estimate of drug-likeness (QED) is 0.375. The molecule has 4 aromatic rings. The number of amides is 1. The van der Waals surface area contributed by atoms with Gasteiger partial charge in [-0.25, -0.2) is 4.98 Å². The number of nitrogens with one attached hydrogen (secondary N) is 1. The summed E-state index contributed by atoms with van der Waals surface area (Å²) in [6.45, 7) is 1.66. The highest BCUT2D eigenvalue weighted by Crippen LogP contribution is 2.37. The lowest BCUT2D eigenvalue weighted by atomic mass is 10.2. The molecular formula is C24H21N5O4. The van der Waals surface area contributed by atoms with Crippen LogP contribution in [0.15, 0.2) is 72.0 Å². The molecule has 5 rings (SSSR count). The van der Waals surface area contributed by atoms with Crippen molar-refractivity contribution in [2.75, 3.05) is 19.0 Å². The lowest BCUT2D eigenvalue weighted by Gasteiger charge is -2.15. The Morgan fingerprint density at radius 1 is 1.21 bits per heavy atom. The Balaban J connectivity index is 1.61. The summed E-state index contributed by atoms with van der Waals surface area (Å²) in [6, 6.07) is 16.6. The van der Waals surface area contributed by atoms with Crippen LogP contribution in [0.1, 0.15) is 15.9 Å². The molecule has 0 bridgehead atoms. The SMILES string of the molecule is COc1c(OCc2ccccc2)ccc2c3n(c(=NC(=O)c4ccc[n+]([O-])c4)nc12)CCN3. The molecule has 0 saturated heterocycles. The number of nitrogens with zero attached hydrogens (tertiary/aromatic N) is 4. The first-order valence-corrected chi connectivity index (χ1v) is 10.4. The minimum absolute atomic E-state index is 0.182. The van der Waals surface area contributed by atoms with Gasteiger partial charge >= 0.3 is 0 Å². The molecule has 0 saturated carbocycles. The molecule has 0 spiro atoms. The molecule has 3 heterocycles. The standard InChI is InChI=1S/C24H21N5O4/c1-32-21-19(33-15-16-6-3-2-4-7-16)10-9-18-20(21)26-24(29-13-11-25-22(18)29)27-23(30)17-8-5-12-28(31)14-17/h2-10,12,14,25H,11,13,15H2,1H3. The zero-order valence-corrected chi connectivity index (χ0v) is 17.9. The molecule has 0 fully saturated rings. The molecule has 0 atom stereocenters. The maximum atomic E-state index is 12.7. The summed E-state index contributed by atoms with van der Waals surface area (Å²) in [6.07, 6.45) is 2.50. The van der Waals surface area contributed by atoms with E-state index in [0.717, 1.165) is 16.8 Å². The van der Waals surface area contributed by atoms with Crippen molar-refractivity contribution >= 4 is 22.6 Å². The molecule has 9 heteroatoms. The zero-order chi connectivity index (χ0) is 22.8. The molecule has 1 N–H and O–H groups in total. The normalized spacial score (nSPS) is 12.9. The van der Waals surface area contributed by atoms with Crippen molar-refractivity contribution in [3.63, 3.8) is 0 Å². The average Bonchev–Trinajstić information content (AvgIpc) is 3.33. The molecule has 1 aliphatic heterocycles. The summed E-state index contributed by atoms with van der Waals surface area (Å²) < 4.78 is 14.1. The van der Waals surface area contributed by atoms with Crippen LogP contribution < -0.4 is 25.1 Å². The third kappa shape index (κ3) is 3.96. The maximum Gasteiger partial charge on any atom is 0.286 e. The topological polar surface area (TPSA) is 105 Å². The van der Waals surface area contributed by atoms with Gasteiger partial charge in [0, 0.05) is 24.5 Å². The van der Waals surface area contributed by atoms with E-state index < -0.39 is 5.91 Å². The smallest absolute Gasteiger partial charge is 0.286 e. The van der Waals surface area contributed by atoms with E-state index in [2.05, 4.69) is 15.3 Å². The predicted octanol–water partition coefficient (Wildman–Crippen LogP) is 2.42. The number of pyridine rings is 1. The van der Waals surface area contributed by atoms with Crippen molar-refractivity contribution in [3.05, 3.63) is 88.9 Å². The van der Waals surface area contributed by atoms with Crippen molar-refractivity contribution in [2.24, 2.45) is 4.99 Å². The van der Waals surface area contributed by atoms with Gasteiger partial charge in [0.1, 0.15) is 23.5 Å². The summed E-state index contributed by atoms with van der Waals surface area (Å²) in [5.41, 5.74) is 1.97. The van der Waals surface area contributed by atoms with Crippen molar-refractivity contribution in [3.8, 4) is 11.5 Å². The first kappa shape index (κ1) is 20.5. The van der Waals surface area contributed by atoms with Crippen LogP contribution in [-0.4, -0.2) is 29.1 Å². The Morgan fingerprint density at radius 3 is 2.85 bits per heavy atom. The third-order valence-electron chi connectivity index (χ3n) is 5.37. The van der Waals surface area contributed by atoms with Crippen LogP contribution in [0.2, 0.25) is 0 Å². The van der Waals surface area contributed by atoms with E-state index in [1.807, 2.05) is 47.0 Å². The second-order valence-corrected chi connectivity index (χ2v) is 7.48. The monoisotopic (exact) mass is 443 g/mol. The molecule has 1 aliphatic rings. The van der Waals surface area contributed by atoms with Gasteiger partial charge < -0.3 is 20.0 Å². The number of ether oxygens (including phenoxy) is 2. The molecule has 33 heavy (non-hydrogen) atoms. The van der Waals surface area contributed by atoms with E-state index in [9.17, 15) is 10.0 Å². The van der Waals surface area contributed by atoms with E-state index in [4.69, 9.17) is 9.47 Å². The Labute approximate surface area is 189 Å². The fourth-order valence-electron chi connectivity index (χ4n) is 3.82. The highest BCUT2D eigenvalue weighted by atomic mass is 16.5. The van der Waals surface area contributed by atoms with Gasteiger partial charge in [-0.05, 0) is 23.8 Å². The number of benzene rings is 2. The largest absolute Gasteiger partial charge is 0.619 e. The van der Waals surface area contributed by atoms with Gasteiger partial charge in [-0.2, -0.15) is 9.72 Å². The van der Waals surface area contributed by atoms with Gasteiger partial charge in [0.15, 0.2) is 23.9 Å². The first-order chi connectivity index (χ1) is 16.1. The van der Waals surface area contributed by atoms with Crippen LogP contribution in [0, 0.1) is 5.21 Å².